The van der Waals surface area contributed by atoms with Crippen molar-refractivity contribution in [2.75, 3.05) is 0 Å². The summed E-state index contributed by atoms with van der Waals surface area (Å²) in [4.78, 5) is 3.98. The number of allylic oxidation sites excluding steroid dienone is 2. The maximum atomic E-state index is 9.38. The Labute approximate surface area is 113 Å². The monoisotopic (exact) mass is 260 g/mol. The average molecular weight is 261 g/mol. The number of nitriles is 1. The molecule has 1 aromatic heterocycles. The Balaban J connectivity index is 2.41. The summed E-state index contributed by atoms with van der Waals surface area (Å²) in [6, 6.07) is 5.94. The van der Waals surface area contributed by atoms with Gasteiger partial charge < -0.3 is 0 Å². The minimum Gasteiger partial charge on any atom is -0.265 e. The van der Waals surface area contributed by atoms with Crippen molar-refractivity contribution in [2.45, 2.75) is 39.0 Å². The van der Waals surface area contributed by atoms with E-state index in [2.05, 4.69) is 18.0 Å². The molecule has 0 bridgehead atoms. The van der Waals surface area contributed by atoms with Crippen LogP contribution in [0.25, 0.3) is 5.57 Å². The van der Waals surface area contributed by atoms with Crippen LogP contribution in [0.1, 0.15) is 44.6 Å². The van der Waals surface area contributed by atoms with Crippen LogP contribution in [0.4, 0.5) is 0 Å². The van der Waals surface area contributed by atoms with E-state index in [4.69, 9.17) is 11.6 Å². The van der Waals surface area contributed by atoms with Gasteiger partial charge in [0, 0.05) is 22.8 Å². The van der Waals surface area contributed by atoms with Crippen molar-refractivity contribution >= 4 is 17.2 Å². The standard InChI is InChI=1S/C15H17ClN2/c1-15(7-3-2-4-8-15)14(16)13(11-17)12-5-9-18-10-6-12/h5-6,9-10H,2-4,7-8H2,1H3/b14-13+. The SMILES string of the molecule is CC1(/C(Cl)=C(/C#N)c2ccncc2)CCCCC1. The van der Waals surface area contributed by atoms with Crippen molar-refractivity contribution in [3.05, 3.63) is 35.1 Å². The van der Waals surface area contributed by atoms with Crippen LogP contribution in [-0.2, 0) is 0 Å². The highest BCUT2D eigenvalue weighted by atomic mass is 35.5. The van der Waals surface area contributed by atoms with Crippen LogP contribution in [0.5, 0.6) is 0 Å². The molecule has 2 nitrogen and oxygen atoms in total. The van der Waals surface area contributed by atoms with E-state index in [1.165, 1.54) is 19.3 Å². The second kappa shape index (κ2) is 5.54. The summed E-state index contributed by atoms with van der Waals surface area (Å²) in [7, 11) is 0. The van der Waals surface area contributed by atoms with Crippen LogP contribution >= 0.6 is 11.6 Å². The molecule has 0 N–H and O–H groups in total. The first-order valence-corrected chi connectivity index (χ1v) is 6.76. The van der Waals surface area contributed by atoms with Gasteiger partial charge in [-0.05, 0) is 30.5 Å². The number of pyridine rings is 1. The van der Waals surface area contributed by atoms with Crippen molar-refractivity contribution in [2.24, 2.45) is 5.41 Å². The van der Waals surface area contributed by atoms with Crippen LogP contribution in [0, 0.1) is 16.7 Å². The van der Waals surface area contributed by atoms with Gasteiger partial charge in [0.05, 0.1) is 5.57 Å². The first kappa shape index (κ1) is 13.1. The summed E-state index contributed by atoms with van der Waals surface area (Å²) >= 11 is 6.54. The summed E-state index contributed by atoms with van der Waals surface area (Å²) in [5, 5.41) is 10.1. The van der Waals surface area contributed by atoms with E-state index in [1.54, 1.807) is 12.4 Å². The quantitative estimate of drug-likeness (QED) is 0.733. The highest BCUT2D eigenvalue weighted by Crippen LogP contribution is 2.46. The molecule has 2 rings (SSSR count). The molecule has 18 heavy (non-hydrogen) atoms. The fourth-order valence-corrected chi connectivity index (χ4v) is 2.95. The zero-order valence-electron chi connectivity index (χ0n) is 10.6. The molecule has 0 aliphatic heterocycles. The van der Waals surface area contributed by atoms with Gasteiger partial charge in [0.1, 0.15) is 6.07 Å². The molecule has 0 radical (unpaired) electrons. The molecule has 0 amide bonds. The summed E-state index contributed by atoms with van der Waals surface area (Å²) in [6.45, 7) is 2.17. The van der Waals surface area contributed by atoms with Crippen molar-refractivity contribution in [3.63, 3.8) is 0 Å². The van der Waals surface area contributed by atoms with Crippen molar-refractivity contribution in [1.82, 2.24) is 4.98 Å². The average Bonchev–Trinajstić information content (AvgIpc) is 2.41. The fraction of sp³-hybridized carbons (Fsp3) is 0.467. The summed E-state index contributed by atoms with van der Waals surface area (Å²) in [5.74, 6) is 0. The first-order chi connectivity index (χ1) is 8.67. The molecule has 0 saturated heterocycles. The topological polar surface area (TPSA) is 36.7 Å². The number of aromatic nitrogens is 1. The van der Waals surface area contributed by atoms with Crippen LogP contribution in [-0.4, -0.2) is 4.98 Å². The molecule has 0 atom stereocenters. The van der Waals surface area contributed by atoms with E-state index in [1.807, 2.05) is 12.1 Å². The minimum atomic E-state index is -0.0336. The van der Waals surface area contributed by atoms with Crippen molar-refractivity contribution < 1.29 is 0 Å². The molecule has 1 aromatic rings. The number of halogens is 1. The largest absolute Gasteiger partial charge is 0.265 e. The predicted molar refractivity (Wildman–Crippen MR) is 73.8 cm³/mol. The molecule has 1 fully saturated rings. The summed E-state index contributed by atoms with van der Waals surface area (Å²) < 4.78 is 0. The highest BCUT2D eigenvalue weighted by molar-refractivity contribution is 6.34. The Bertz CT molecular complexity index is 479. The van der Waals surface area contributed by atoms with Gasteiger partial charge in [-0.1, -0.05) is 37.8 Å². The lowest BCUT2D eigenvalue weighted by Crippen LogP contribution is -2.21. The zero-order chi connectivity index (χ0) is 13.0. The Hall–Kier alpha value is -1.33. The lowest BCUT2D eigenvalue weighted by Gasteiger charge is -2.33. The Morgan fingerprint density at radius 3 is 2.44 bits per heavy atom. The molecule has 1 aliphatic rings. The first-order valence-electron chi connectivity index (χ1n) is 6.38. The Kier molecular flexibility index (Phi) is 4.04. The van der Waals surface area contributed by atoms with E-state index in [0.29, 0.717) is 5.57 Å². The molecule has 0 aromatic carbocycles. The van der Waals surface area contributed by atoms with E-state index >= 15 is 0 Å². The van der Waals surface area contributed by atoms with Crippen LogP contribution < -0.4 is 0 Å². The zero-order valence-corrected chi connectivity index (χ0v) is 11.4. The van der Waals surface area contributed by atoms with E-state index in [0.717, 1.165) is 23.4 Å². The van der Waals surface area contributed by atoms with Gasteiger partial charge in [0.25, 0.3) is 0 Å². The van der Waals surface area contributed by atoms with Crippen LogP contribution in [0.3, 0.4) is 0 Å². The summed E-state index contributed by atoms with van der Waals surface area (Å²) in [5.41, 5.74) is 1.43. The molecule has 1 aliphatic carbocycles. The fourth-order valence-electron chi connectivity index (χ4n) is 2.61. The van der Waals surface area contributed by atoms with Crippen LogP contribution in [0.2, 0.25) is 0 Å². The van der Waals surface area contributed by atoms with Crippen molar-refractivity contribution in [3.8, 4) is 6.07 Å². The third kappa shape index (κ3) is 2.57. The second-order valence-electron chi connectivity index (χ2n) is 5.16. The molecule has 0 unspecified atom stereocenters. The minimum absolute atomic E-state index is 0.0336. The maximum absolute atomic E-state index is 9.38. The third-order valence-electron chi connectivity index (χ3n) is 3.79. The van der Waals surface area contributed by atoms with Gasteiger partial charge in [0.2, 0.25) is 0 Å². The normalized spacial score (nSPS) is 19.8. The van der Waals surface area contributed by atoms with Gasteiger partial charge in [-0.3, -0.25) is 4.98 Å². The number of hydrogen-bond donors (Lipinski definition) is 0. The lowest BCUT2D eigenvalue weighted by atomic mass is 9.74. The smallest absolute Gasteiger partial charge is 0.101 e. The van der Waals surface area contributed by atoms with E-state index in [-0.39, 0.29) is 5.41 Å². The van der Waals surface area contributed by atoms with Gasteiger partial charge in [-0.25, -0.2) is 0 Å². The van der Waals surface area contributed by atoms with Gasteiger partial charge in [-0.2, -0.15) is 5.26 Å². The van der Waals surface area contributed by atoms with Gasteiger partial charge in [-0.15, -0.1) is 0 Å². The third-order valence-corrected chi connectivity index (χ3v) is 4.43. The predicted octanol–water partition coefficient (Wildman–Crippen LogP) is 4.53. The van der Waals surface area contributed by atoms with Crippen molar-refractivity contribution in [1.29, 1.82) is 5.26 Å². The number of nitrogens with zero attached hydrogens (tertiary/aromatic N) is 2. The second-order valence-corrected chi connectivity index (χ2v) is 5.54. The lowest BCUT2D eigenvalue weighted by molar-refractivity contribution is 0.280. The van der Waals surface area contributed by atoms with Gasteiger partial charge >= 0.3 is 0 Å². The van der Waals surface area contributed by atoms with E-state index < -0.39 is 0 Å². The maximum Gasteiger partial charge on any atom is 0.101 e. The Morgan fingerprint density at radius 1 is 1.28 bits per heavy atom. The molecular formula is C15H17ClN2. The molecule has 1 saturated carbocycles. The number of rotatable bonds is 2. The summed E-state index contributed by atoms with van der Waals surface area (Å²) in [6.07, 6.45) is 9.20. The molecular weight excluding hydrogens is 244 g/mol. The van der Waals surface area contributed by atoms with E-state index in [9.17, 15) is 5.26 Å². The molecule has 3 heteroatoms. The van der Waals surface area contributed by atoms with Gasteiger partial charge in [0.15, 0.2) is 0 Å². The Morgan fingerprint density at radius 2 is 1.89 bits per heavy atom. The highest BCUT2D eigenvalue weighted by Gasteiger charge is 2.32. The van der Waals surface area contributed by atoms with Crippen LogP contribution in [0.15, 0.2) is 29.6 Å². The molecule has 0 spiro atoms. The molecule has 1 heterocycles. The number of hydrogen-bond acceptors (Lipinski definition) is 2. The molecule has 94 valence electrons.